The standard InChI is InChI=1S/C12H20N4O/c1-3-10-8(2)14-12(15-11(10)17)16-6-4-9(13)5-7-16/h9H,3-7,13H2,1-2H3,(H,14,15,17). The molecule has 0 amide bonds. The number of piperidine rings is 1. The highest BCUT2D eigenvalue weighted by Crippen LogP contribution is 2.15. The van der Waals surface area contributed by atoms with Gasteiger partial charge in [0, 0.05) is 30.4 Å². The van der Waals surface area contributed by atoms with Crippen molar-refractivity contribution in [2.24, 2.45) is 5.73 Å². The summed E-state index contributed by atoms with van der Waals surface area (Å²) < 4.78 is 0. The van der Waals surface area contributed by atoms with Gasteiger partial charge in [0.2, 0.25) is 5.95 Å². The van der Waals surface area contributed by atoms with Crippen molar-refractivity contribution in [1.29, 1.82) is 0 Å². The summed E-state index contributed by atoms with van der Waals surface area (Å²) in [7, 11) is 0. The first kappa shape index (κ1) is 12.1. The van der Waals surface area contributed by atoms with Crippen LogP contribution in [0.15, 0.2) is 4.79 Å². The minimum absolute atomic E-state index is 0.00938. The molecule has 17 heavy (non-hydrogen) atoms. The van der Waals surface area contributed by atoms with Gasteiger partial charge in [-0.3, -0.25) is 9.78 Å². The Kier molecular flexibility index (Phi) is 3.47. The van der Waals surface area contributed by atoms with Crippen molar-refractivity contribution in [2.45, 2.75) is 39.2 Å². The van der Waals surface area contributed by atoms with Crippen LogP contribution in [0.3, 0.4) is 0 Å². The Morgan fingerprint density at radius 1 is 1.47 bits per heavy atom. The van der Waals surface area contributed by atoms with Crippen LogP contribution in [-0.4, -0.2) is 29.1 Å². The van der Waals surface area contributed by atoms with E-state index in [1.165, 1.54) is 0 Å². The Morgan fingerprint density at radius 2 is 2.12 bits per heavy atom. The molecule has 1 saturated heterocycles. The predicted octanol–water partition coefficient (Wildman–Crippen LogP) is 0.568. The molecule has 0 spiro atoms. The first-order valence-electron chi connectivity index (χ1n) is 6.22. The van der Waals surface area contributed by atoms with Crippen LogP contribution in [0, 0.1) is 6.92 Å². The Hall–Kier alpha value is -1.36. The van der Waals surface area contributed by atoms with E-state index < -0.39 is 0 Å². The van der Waals surface area contributed by atoms with E-state index in [0.717, 1.165) is 43.6 Å². The van der Waals surface area contributed by atoms with E-state index in [1.807, 2.05) is 13.8 Å². The van der Waals surface area contributed by atoms with E-state index in [1.54, 1.807) is 0 Å². The van der Waals surface area contributed by atoms with E-state index in [-0.39, 0.29) is 11.6 Å². The molecular weight excluding hydrogens is 216 g/mol. The number of hydrogen-bond donors (Lipinski definition) is 2. The largest absolute Gasteiger partial charge is 0.342 e. The fraction of sp³-hybridized carbons (Fsp3) is 0.667. The van der Waals surface area contributed by atoms with Crippen LogP contribution in [0.2, 0.25) is 0 Å². The molecule has 0 unspecified atom stereocenters. The van der Waals surface area contributed by atoms with Crippen molar-refractivity contribution in [3.63, 3.8) is 0 Å². The lowest BCUT2D eigenvalue weighted by molar-refractivity contribution is 0.495. The van der Waals surface area contributed by atoms with Crippen LogP contribution in [-0.2, 0) is 6.42 Å². The number of nitrogens with one attached hydrogen (secondary N) is 1. The third-order valence-corrected chi connectivity index (χ3v) is 3.40. The van der Waals surface area contributed by atoms with E-state index in [9.17, 15) is 4.79 Å². The van der Waals surface area contributed by atoms with Crippen LogP contribution < -0.4 is 16.2 Å². The molecule has 0 radical (unpaired) electrons. The van der Waals surface area contributed by atoms with Crippen molar-refractivity contribution in [1.82, 2.24) is 9.97 Å². The van der Waals surface area contributed by atoms with Crippen LogP contribution in [0.5, 0.6) is 0 Å². The van der Waals surface area contributed by atoms with E-state index in [2.05, 4.69) is 14.9 Å². The number of nitrogens with zero attached hydrogens (tertiary/aromatic N) is 2. The number of rotatable bonds is 2. The maximum absolute atomic E-state index is 11.9. The molecule has 2 heterocycles. The zero-order chi connectivity index (χ0) is 12.4. The number of aromatic nitrogens is 2. The number of aryl methyl sites for hydroxylation is 1. The molecule has 0 aliphatic carbocycles. The topological polar surface area (TPSA) is 75.0 Å². The van der Waals surface area contributed by atoms with Crippen molar-refractivity contribution in [2.75, 3.05) is 18.0 Å². The quantitative estimate of drug-likeness (QED) is 0.787. The van der Waals surface area contributed by atoms with Gasteiger partial charge in [0.05, 0.1) is 0 Å². The maximum atomic E-state index is 11.9. The molecule has 5 nitrogen and oxygen atoms in total. The monoisotopic (exact) mass is 236 g/mol. The molecule has 0 bridgehead atoms. The summed E-state index contributed by atoms with van der Waals surface area (Å²) >= 11 is 0. The van der Waals surface area contributed by atoms with E-state index in [0.29, 0.717) is 5.95 Å². The van der Waals surface area contributed by atoms with Gasteiger partial charge in [-0.2, -0.15) is 0 Å². The van der Waals surface area contributed by atoms with Crippen molar-refractivity contribution in [3.05, 3.63) is 21.6 Å². The summed E-state index contributed by atoms with van der Waals surface area (Å²) in [6.45, 7) is 5.61. The zero-order valence-corrected chi connectivity index (χ0v) is 10.5. The predicted molar refractivity (Wildman–Crippen MR) is 68.4 cm³/mol. The zero-order valence-electron chi connectivity index (χ0n) is 10.5. The van der Waals surface area contributed by atoms with Crippen molar-refractivity contribution >= 4 is 5.95 Å². The summed E-state index contributed by atoms with van der Waals surface area (Å²) in [5, 5.41) is 0. The Bertz CT molecular complexity index is 446. The third kappa shape index (κ3) is 2.49. The van der Waals surface area contributed by atoms with Gasteiger partial charge in [-0.05, 0) is 26.2 Å². The molecule has 0 atom stereocenters. The molecule has 2 rings (SSSR count). The van der Waals surface area contributed by atoms with Crippen LogP contribution >= 0.6 is 0 Å². The first-order chi connectivity index (χ1) is 8.11. The first-order valence-corrected chi connectivity index (χ1v) is 6.22. The van der Waals surface area contributed by atoms with E-state index >= 15 is 0 Å². The van der Waals surface area contributed by atoms with Crippen molar-refractivity contribution < 1.29 is 0 Å². The summed E-state index contributed by atoms with van der Waals surface area (Å²) in [4.78, 5) is 21.3. The second-order valence-electron chi connectivity index (χ2n) is 4.63. The normalized spacial score (nSPS) is 17.5. The number of aromatic amines is 1. The third-order valence-electron chi connectivity index (χ3n) is 3.40. The minimum Gasteiger partial charge on any atom is -0.342 e. The number of hydrogen-bond acceptors (Lipinski definition) is 4. The molecule has 1 fully saturated rings. The molecule has 3 N–H and O–H groups in total. The SMILES string of the molecule is CCc1c(C)nc(N2CCC(N)CC2)[nH]c1=O. The second kappa shape index (κ2) is 4.87. The summed E-state index contributed by atoms with van der Waals surface area (Å²) in [5.41, 5.74) is 7.47. The second-order valence-corrected chi connectivity index (χ2v) is 4.63. The average molecular weight is 236 g/mol. The molecule has 0 aromatic carbocycles. The van der Waals surface area contributed by atoms with Gasteiger partial charge in [-0.15, -0.1) is 0 Å². The molecule has 1 aromatic rings. The minimum atomic E-state index is -0.00938. The fourth-order valence-corrected chi connectivity index (χ4v) is 2.27. The molecular formula is C12H20N4O. The molecule has 1 aromatic heterocycles. The lowest BCUT2D eigenvalue weighted by Crippen LogP contribution is -2.41. The highest BCUT2D eigenvalue weighted by molar-refractivity contribution is 5.33. The molecule has 5 heteroatoms. The number of nitrogens with two attached hydrogens (primary N) is 1. The molecule has 1 aliphatic rings. The van der Waals surface area contributed by atoms with Gasteiger partial charge in [0.15, 0.2) is 0 Å². The lowest BCUT2D eigenvalue weighted by Gasteiger charge is -2.30. The van der Waals surface area contributed by atoms with Crippen LogP contribution in [0.4, 0.5) is 5.95 Å². The highest BCUT2D eigenvalue weighted by atomic mass is 16.1. The Morgan fingerprint density at radius 3 is 2.65 bits per heavy atom. The van der Waals surface area contributed by atoms with Gasteiger partial charge in [-0.1, -0.05) is 6.92 Å². The Labute approximate surface area is 101 Å². The summed E-state index contributed by atoms with van der Waals surface area (Å²) in [6.07, 6.45) is 2.63. The summed E-state index contributed by atoms with van der Waals surface area (Å²) in [6, 6.07) is 0.286. The smallest absolute Gasteiger partial charge is 0.255 e. The van der Waals surface area contributed by atoms with Crippen LogP contribution in [0.25, 0.3) is 0 Å². The Balaban J connectivity index is 2.25. The molecule has 1 aliphatic heterocycles. The number of H-pyrrole nitrogens is 1. The lowest BCUT2D eigenvalue weighted by atomic mass is 10.1. The molecule has 0 saturated carbocycles. The van der Waals surface area contributed by atoms with Crippen LogP contribution in [0.1, 0.15) is 31.0 Å². The summed E-state index contributed by atoms with van der Waals surface area (Å²) in [5.74, 6) is 0.691. The van der Waals surface area contributed by atoms with E-state index in [4.69, 9.17) is 5.73 Å². The fourth-order valence-electron chi connectivity index (χ4n) is 2.27. The maximum Gasteiger partial charge on any atom is 0.255 e. The van der Waals surface area contributed by atoms with Gasteiger partial charge in [-0.25, -0.2) is 4.98 Å². The highest BCUT2D eigenvalue weighted by Gasteiger charge is 2.18. The average Bonchev–Trinajstić information content (AvgIpc) is 2.29. The van der Waals surface area contributed by atoms with Gasteiger partial charge in [0.25, 0.3) is 5.56 Å². The number of anilines is 1. The van der Waals surface area contributed by atoms with Gasteiger partial charge >= 0.3 is 0 Å². The molecule has 94 valence electrons. The van der Waals surface area contributed by atoms with Gasteiger partial charge < -0.3 is 10.6 Å². The van der Waals surface area contributed by atoms with Crippen molar-refractivity contribution in [3.8, 4) is 0 Å². The van der Waals surface area contributed by atoms with Gasteiger partial charge in [0.1, 0.15) is 0 Å².